The van der Waals surface area contributed by atoms with Crippen molar-refractivity contribution >= 4 is 10.0 Å². The van der Waals surface area contributed by atoms with Gasteiger partial charge in [0.2, 0.25) is 10.0 Å². The maximum absolute atomic E-state index is 13.0. The number of aryl methyl sites for hydroxylation is 2. The molecular weight excluding hydrogens is 320 g/mol. The third kappa shape index (κ3) is 3.39. The normalized spacial score (nSPS) is 23.2. The van der Waals surface area contributed by atoms with Crippen LogP contribution in [-0.2, 0) is 10.0 Å². The largest absolute Gasteiger partial charge is 0.299 e. The Morgan fingerprint density at radius 2 is 1.58 bits per heavy atom. The van der Waals surface area contributed by atoms with Gasteiger partial charge in [0, 0.05) is 25.2 Å². The first-order chi connectivity index (χ1) is 11.3. The minimum Gasteiger partial charge on any atom is -0.299 e. The summed E-state index contributed by atoms with van der Waals surface area (Å²) in [5, 5.41) is 0. The molecule has 2 aliphatic rings. The van der Waals surface area contributed by atoms with E-state index >= 15 is 0 Å². The average Bonchev–Trinajstić information content (AvgIpc) is 3.15. The fourth-order valence-electron chi connectivity index (χ4n) is 4.35. The molecule has 2 fully saturated rings. The minimum absolute atomic E-state index is 0.0372. The van der Waals surface area contributed by atoms with Gasteiger partial charge in [0.25, 0.3) is 0 Å². The molecular formula is C19H30N2O2S. The Kier molecular flexibility index (Phi) is 5.05. The van der Waals surface area contributed by atoms with Crippen LogP contribution in [0.2, 0.25) is 0 Å². The lowest BCUT2D eigenvalue weighted by Gasteiger charge is -2.24. The van der Waals surface area contributed by atoms with Crippen LogP contribution in [0, 0.1) is 27.7 Å². The third-order valence-corrected chi connectivity index (χ3v) is 7.74. The van der Waals surface area contributed by atoms with Gasteiger partial charge in [-0.2, -0.15) is 0 Å². The minimum atomic E-state index is -3.47. The second-order valence-corrected chi connectivity index (χ2v) is 9.28. The number of hydrogen-bond acceptors (Lipinski definition) is 3. The van der Waals surface area contributed by atoms with Gasteiger partial charge in [-0.3, -0.25) is 4.90 Å². The fourth-order valence-corrected chi connectivity index (χ4v) is 6.22. The molecule has 1 unspecified atom stereocenters. The molecule has 0 radical (unpaired) electrons. The van der Waals surface area contributed by atoms with Gasteiger partial charge in [-0.25, -0.2) is 13.1 Å². The fraction of sp³-hybridized carbons (Fsp3) is 0.684. The number of likely N-dealkylation sites (tertiary alicyclic amines) is 1. The van der Waals surface area contributed by atoms with Crippen LogP contribution < -0.4 is 4.72 Å². The molecule has 1 aromatic carbocycles. The summed E-state index contributed by atoms with van der Waals surface area (Å²) in [6, 6.07) is 2.78. The SMILES string of the molecule is Cc1cc(C)c(C)c(S(=O)(=O)NC2CCN(C3CCCC3)C2)c1C. The van der Waals surface area contributed by atoms with Gasteiger partial charge >= 0.3 is 0 Å². The highest BCUT2D eigenvalue weighted by Gasteiger charge is 2.33. The first-order valence-electron chi connectivity index (χ1n) is 9.13. The van der Waals surface area contributed by atoms with Crippen molar-refractivity contribution in [2.24, 2.45) is 0 Å². The molecule has 1 saturated carbocycles. The van der Waals surface area contributed by atoms with Crippen molar-refractivity contribution in [3.63, 3.8) is 0 Å². The molecule has 1 saturated heterocycles. The van der Waals surface area contributed by atoms with E-state index in [1.807, 2.05) is 27.7 Å². The Balaban J connectivity index is 1.78. The van der Waals surface area contributed by atoms with Crippen LogP contribution in [0.1, 0.15) is 54.4 Å². The topological polar surface area (TPSA) is 49.4 Å². The summed E-state index contributed by atoms with van der Waals surface area (Å²) in [5.74, 6) is 0. The molecule has 1 N–H and O–H groups in total. The predicted molar refractivity (Wildman–Crippen MR) is 97.9 cm³/mol. The molecule has 1 heterocycles. The highest BCUT2D eigenvalue weighted by molar-refractivity contribution is 7.89. The van der Waals surface area contributed by atoms with Crippen LogP contribution in [0.25, 0.3) is 0 Å². The van der Waals surface area contributed by atoms with Gasteiger partial charge in [-0.15, -0.1) is 0 Å². The van der Waals surface area contributed by atoms with Crippen LogP contribution >= 0.6 is 0 Å². The number of benzene rings is 1. The van der Waals surface area contributed by atoms with Gasteiger partial charge in [0.15, 0.2) is 0 Å². The lowest BCUT2D eigenvalue weighted by Crippen LogP contribution is -2.39. The monoisotopic (exact) mass is 350 g/mol. The van der Waals surface area contributed by atoms with Gasteiger partial charge in [0.1, 0.15) is 0 Å². The molecule has 1 aromatic rings. The summed E-state index contributed by atoms with van der Waals surface area (Å²) in [7, 11) is -3.47. The Bertz CT molecular complexity index is 695. The lowest BCUT2D eigenvalue weighted by molar-refractivity contribution is 0.242. The molecule has 3 rings (SSSR count). The highest BCUT2D eigenvalue weighted by Crippen LogP contribution is 2.29. The van der Waals surface area contributed by atoms with Crippen molar-refractivity contribution in [3.05, 3.63) is 28.3 Å². The zero-order valence-electron chi connectivity index (χ0n) is 15.4. The molecule has 1 atom stereocenters. The number of rotatable bonds is 4. The Morgan fingerprint density at radius 1 is 1.00 bits per heavy atom. The van der Waals surface area contributed by atoms with Crippen molar-refractivity contribution in [1.29, 1.82) is 0 Å². The average molecular weight is 351 g/mol. The predicted octanol–water partition coefficient (Wildman–Crippen LogP) is 3.22. The summed E-state index contributed by atoms with van der Waals surface area (Å²) < 4.78 is 29.1. The maximum atomic E-state index is 13.0. The number of nitrogens with one attached hydrogen (secondary N) is 1. The lowest BCUT2D eigenvalue weighted by atomic mass is 10.0. The van der Waals surface area contributed by atoms with Crippen LogP contribution in [-0.4, -0.2) is 38.5 Å². The molecule has 0 bridgehead atoms. The van der Waals surface area contributed by atoms with Gasteiger partial charge in [-0.05, 0) is 69.2 Å². The number of nitrogens with zero attached hydrogens (tertiary/aromatic N) is 1. The molecule has 134 valence electrons. The van der Waals surface area contributed by atoms with Crippen molar-refractivity contribution in [2.45, 2.75) is 76.8 Å². The number of sulfonamides is 1. The molecule has 0 spiro atoms. The molecule has 0 aromatic heterocycles. The van der Waals surface area contributed by atoms with E-state index in [9.17, 15) is 8.42 Å². The van der Waals surface area contributed by atoms with Crippen LogP contribution in [0.3, 0.4) is 0 Å². The second kappa shape index (κ2) is 6.77. The molecule has 4 nitrogen and oxygen atoms in total. The first-order valence-corrected chi connectivity index (χ1v) is 10.6. The Labute approximate surface area is 146 Å². The smallest absolute Gasteiger partial charge is 0.241 e. The third-order valence-electron chi connectivity index (χ3n) is 5.95. The van der Waals surface area contributed by atoms with Crippen LogP contribution in [0.4, 0.5) is 0 Å². The highest BCUT2D eigenvalue weighted by atomic mass is 32.2. The number of hydrogen-bond donors (Lipinski definition) is 1. The Hall–Kier alpha value is -0.910. The molecule has 1 aliphatic carbocycles. The molecule has 5 heteroatoms. The van der Waals surface area contributed by atoms with Crippen LogP contribution in [0.15, 0.2) is 11.0 Å². The van der Waals surface area contributed by atoms with E-state index in [1.54, 1.807) is 0 Å². The first kappa shape index (κ1) is 17.9. The summed E-state index contributed by atoms with van der Waals surface area (Å²) in [6.07, 6.45) is 6.10. The maximum Gasteiger partial charge on any atom is 0.241 e. The summed E-state index contributed by atoms with van der Waals surface area (Å²) in [5.41, 5.74) is 3.82. The molecule has 0 amide bonds. The van der Waals surface area contributed by atoms with E-state index in [1.165, 1.54) is 25.7 Å². The van der Waals surface area contributed by atoms with Crippen LogP contribution in [0.5, 0.6) is 0 Å². The van der Waals surface area contributed by atoms with E-state index < -0.39 is 10.0 Å². The van der Waals surface area contributed by atoms with E-state index in [2.05, 4.69) is 15.7 Å². The van der Waals surface area contributed by atoms with Crippen molar-refractivity contribution in [3.8, 4) is 0 Å². The van der Waals surface area contributed by atoms with E-state index in [4.69, 9.17) is 0 Å². The molecule has 1 aliphatic heterocycles. The Morgan fingerprint density at radius 3 is 2.17 bits per heavy atom. The van der Waals surface area contributed by atoms with Gasteiger partial charge < -0.3 is 0 Å². The van der Waals surface area contributed by atoms with Gasteiger partial charge in [0.05, 0.1) is 4.90 Å². The summed E-state index contributed by atoms with van der Waals surface area (Å²) in [6.45, 7) is 9.66. The van der Waals surface area contributed by atoms with E-state index in [0.717, 1.165) is 41.8 Å². The van der Waals surface area contributed by atoms with E-state index in [-0.39, 0.29) is 6.04 Å². The van der Waals surface area contributed by atoms with Crippen molar-refractivity contribution in [1.82, 2.24) is 9.62 Å². The van der Waals surface area contributed by atoms with Crippen molar-refractivity contribution in [2.75, 3.05) is 13.1 Å². The summed E-state index contributed by atoms with van der Waals surface area (Å²) in [4.78, 5) is 2.97. The zero-order chi connectivity index (χ0) is 17.5. The quantitative estimate of drug-likeness (QED) is 0.907. The second-order valence-electron chi connectivity index (χ2n) is 7.63. The van der Waals surface area contributed by atoms with Crippen molar-refractivity contribution < 1.29 is 8.42 Å². The standard InChI is InChI=1S/C19H30N2O2S/c1-13-11-14(2)16(4)19(15(13)3)24(22,23)20-17-9-10-21(12-17)18-7-5-6-8-18/h11,17-18,20H,5-10,12H2,1-4H3. The molecule has 24 heavy (non-hydrogen) atoms. The van der Waals surface area contributed by atoms with E-state index in [0.29, 0.717) is 10.9 Å². The van der Waals surface area contributed by atoms with Gasteiger partial charge in [-0.1, -0.05) is 18.9 Å². The summed E-state index contributed by atoms with van der Waals surface area (Å²) >= 11 is 0. The zero-order valence-corrected chi connectivity index (χ0v) is 16.2.